The van der Waals surface area contributed by atoms with Crippen LogP contribution in [0.2, 0.25) is 0 Å². The molecular weight excluding hydrogens is 178 g/mol. The van der Waals surface area contributed by atoms with Gasteiger partial charge in [-0.25, -0.2) is 0 Å². The molecule has 0 amide bonds. The molecule has 1 unspecified atom stereocenters. The maximum atomic E-state index is 3.60. The molecule has 0 fully saturated rings. The van der Waals surface area contributed by atoms with E-state index >= 15 is 0 Å². The third-order valence-electron chi connectivity index (χ3n) is 2.67. The normalized spacial score (nSPS) is 13.6. The number of nitrogens with one attached hydrogen (secondary N) is 1. The molecule has 0 aliphatic rings. The third-order valence-corrected chi connectivity index (χ3v) is 3.91. The predicted octanol–water partition coefficient (Wildman–Crippen LogP) is 3.30. The summed E-state index contributed by atoms with van der Waals surface area (Å²) in [7, 11) is 0. The minimum Gasteiger partial charge on any atom is -0.314 e. The second-order valence-corrected chi connectivity index (χ2v) is 4.66. The van der Waals surface area contributed by atoms with Crippen molar-refractivity contribution in [3.05, 3.63) is 0 Å². The lowest BCUT2D eigenvalue weighted by Crippen LogP contribution is -2.29. The van der Waals surface area contributed by atoms with Gasteiger partial charge in [0.25, 0.3) is 0 Å². The first-order chi connectivity index (χ1) is 6.28. The average molecular weight is 203 g/mol. The van der Waals surface area contributed by atoms with Crippen molar-refractivity contribution in [2.45, 2.75) is 57.7 Å². The van der Waals surface area contributed by atoms with Gasteiger partial charge >= 0.3 is 0 Å². The zero-order chi connectivity index (χ0) is 10.1. The Morgan fingerprint density at radius 3 is 2.08 bits per heavy atom. The summed E-state index contributed by atoms with van der Waals surface area (Å²) in [5.74, 6) is 0. The maximum Gasteiger partial charge on any atom is 0.00618 e. The van der Waals surface area contributed by atoms with E-state index in [-0.39, 0.29) is 0 Å². The smallest absolute Gasteiger partial charge is 0.00618 e. The Hall–Kier alpha value is 0.310. The molecule has 13 heavy (non-hydrogen) atoms. The fourth-order valence-electron chi connectivity index (χ4n) is 1.51. The molecule has 80 valence electrons. The molecule has 1 atom stereocenters. The zero-order valence-electron chi connectivity index (χ0n) is 9.60. The van der Waals surface area contributed by atoms with Crippen LogP contribution in [0.1, 0.15) is 46.5 Å². The molecule has 2 heteroatoms. The van der Waals surface area contributed by atoms with Crippen molar-refractivity contribution in [3.8, 4) is 0 Å². The van der Waals surface area contributed by atoms with E-state index in [9.17, 15) is 0 Å². The van der Waals surface area contributed by atoms with Crippen LogP contribution in [-0.4, -0.2) is 24.1 Å². The van der Waals surface area contributed by atoms with Gasteiger partial charge < -0.3 is 5.32 Å². The van der Waals surface area contributed by atoms with E-state index in [2.05, 4.69) is 32.3 Å². The summed E-state index contributed by atoms with van der Waals surface area (Å²) in [5.41, 5.74) is 0. The minimum absolute atomic E-state index is 0.736. The van der Waals surface area contributed by atoms with Gasteiger partial charge in [-0.3, -0.25) is 0 Å². The maximum absolute atomic E-state index is 3.60. The monoisotopic (exact) mass is 203 g/mol. The topological polar surface area (TPSA) is 12.0 Å². The van der Waals surface area contributed by atoms with Gasteiger partial charge in [0.15, 0.2) is 0 Å². The summed E-state index contributed by atoms with van der Waals surface area (Å²) in [6.45, 7) is 7.98. The Morgan fingerprint density at radius 2 is 1.69 bits per heavy atom. The molecule has 0 saturated heterocycles. The van der Waals surface area contributed by atoms with Crippen LogP contribution < -0.4 is 5.32 Å². The van der Waals surface area contributed by atoms with E-state index in [1.165, 1.54) is 32.2 Å². The first kappa shape index (κ1) is 13.3. The van der Waals surface area contributed by atoms with E-state index in [0.717, 1.165) is 11.3 Å². The molecule has 0 aliphatic carbocycles. The highest BCUT2D eigenvalue weighted by molar-refractivity contribution is 7.99. The van der Waals surface area contributed by atoms with Crippen LogP contribution in [0.15, 0.2) is 0 Å². The fourth-order valence-corrected chi connectivity index (χ4v) is 2.20. The summed E-state index contributed by atoms with van der Waals surface area (Å²) in [5, 5.41) is 4.45. The second kappa shape index (κ2) is 8.89. The lowest BCUT2D eigenvalue weighted by molar-refractivity contribution is 0.475. The molecule has 0 bridgehead atoms. The summed E-state index contributed by atoms with van der Waals surface area (Å²) in [6, 6.07) is 0.736. The highest BCUT2D eigenvalue weighted by Crippen LogP contribution is 2.13. The van der Waals surface area contributed by atoms with Crippen LogP contribution in [0, 0.1) is 0 Å². The highest BCUT2D eigenvalue weighted by Gasteiger charge is 2.05. The molecule has 0 rings (SSSR count). The first-order valence-corrected chi connectivity index (χ1v) is 6.83. The number of hydrogen-bond donors (Lipinski definition) is 1. The Kier molecular flexibility index (Phi) is 9.10. The van der Waals surface area contributed by atoms with E-state index in [1.807, 2.05) is 11.8 Å². The SMILES string of the molecule is CCC(CC)NCCC(CC)SC. The van der Waals surface area contributed by atoms with Crippen molar-refractivity contribution in [1.82, 2.24) is 5.32 Å². The molecule has 0 radical (unpaired) electrons. The molecule has 0 aromatic rings. The molecule has 1 nitrogen and oxygen atoms in total. The van der Waals surface area contributed by atoms with Crippen LogP contribution in [0.3, 0.4) is 0 Å². The van der Waals surface area contributed by atoms with Crippen molar-refractivity contribution < 1.29 is 0 Å². The molecule has 0 saturated carbocycles. The fraction of sp³-hybridized carbons (Fsp3) is 1.00. The summed E-state index contributed by atoms with van der Waals surface area (Å²) < 4.78 is 0. The van der Waals surface area contributed by atoms with Crippen molar-refractivity contribution in [2.75, 3.05) is 12.8 Å². The standard InChI is InChI=1S/C11H25NS/c1-5-10(6-2)12-9-8-11(7-3)13-4/h10-12H,5-9H2,1-4H3. The lowest BCUT2D eigenvalue weighted by atomic mass is 10.1. The van der Waals surface area contributed by atoms with Gasteiger partial charge in [-0.05, 0) is 38.5 Å². The van der Waals surface area contributed by atoms with Gasteiger partial charge in [-0.1, -0.05) is 20.8 Å². The Bertz CT molecular complexity index is 86.3. The van der Waals surface area contributed by atoms with Crippen LogP contribution in [-0.2, 0) is 0 Å². The van der Waals surface area contributed by atoms with Crippen molar-refractivity contribution in [3.63, 3.8) is 0 Å². The van der Waals surface area contributed by atoms with Crippen LogP contribution in [0.25, 0.3) is 0 Å². The molecule has 0 spiro atoms. The molecule has 1 N–H and O–H groups in total. The quantitative estimate of drug-likeness (QED) is 0.649. The Labute approximate surface area is 88.1 Å². The lowest BCUT2D eigenvalue weighted by Gasteiger charge is -2.17. The third kappa shape index (κ3) is 6.39. The van der Waals surface area contributed by atoms with Gasteiger partial charge in [0.1, 0.15) is 0 Å². The van der Waals surface area contributed by atoms with Crippen LogP contribution >= 0.6 is 11.8 Å². The molecular formula is C11H25NS. The van der Waals surface area contributed by atoms with Gasteiger partial charge in [-0.2, -0.15) is 11.8 Å². The van der Waals surface area contributed by atoms with E-state index in [4.69, 9.17) is 0 Å². The second-order valence-electron chi connectivity index (χ2n) is 3.52. The molecule has 0 heterocycles. The highest BCUT2D eigenvalue weighted by atomic mass is 32.2. The first-order valence-electron chi connectivity index (χ1n) is 5.54. The largest absolute Gasteiger partial charge is 0.314 e. The van der Waals surface area contributed by atoms with Crippen molar-refractivity contribution in [2.24, 2.45) is 0 Å². The van der Waals surface area contributed by atoms with Crippen LogP contribution in [0.4, 0.5) is 0 Å². The average Bonchev–Trinajstić information content (AvgIpc) is 2.19. The van der Waals surface area contributed by atoms with E-state index in [0.29, 0.717) is 0 Å². The van der Waals surface area contributed by atoms with Crippen molar-refractivity contribution >= 4 is 11.8 Å². The molecule has 0 aromatic heterocycles. The molecule has 0 aromatic carbocycles. The predicted molar refractivity (Wildman–Crippen MR) is 64.6 cm³/mol. The zero-order valence-corrected chi connectivity index (χ0v) is 10.4. The van der Waals surface area contributed by atoms with E-state index < -0.39 is 0 Å². The van der Waals surface area contributed by atoms with Gasteiger partial charge in [0.2, 0.25) is 0 Å². The summed E-state index contributed by atoms with van der Waals surface area (Å²) in [6.07, 6.45) is 7.34. The number of rotatable bonds is 8. The minimum atomic E-state index is 0.736. The summed E-state index contributed by atoms with van der Waals surface area (Å²) in [4.78, 5) is 0. The number of thioether (sulfide) groups is 1. The van der Waals surface area contributed by atoms with E-state index in [1.54, 1.807) is 0 Å². The molecule has 0 aliphatic heterocycles. The van der Waals surface area contributed by atoms with Crippen LogP contribution in [0.5, 0.6) is 0 Å². The van der Waals surface area contributed by atoms with Gasteiger partial charge in [0, 0.05) is 11.3 Å². The Morgan fingerprint density at radius 1 is 1.08 bits per heavy atom. The van der Waals surface area contributed by atoms with Crippen molar-refractivity contribution in [1.29, 1.82) is 0 Å². The van der Waals surface area contributed by atoms with Gasteiger partial charge in [0.05, 0.1) is 0 Å². The number of hydrogen-bond acceptors (Lipinski definition) is 2. The summed E-state index contributed by atoms with van der Waals surface area (Å²) >= 11 is 2.00. The van der Waals surface area contributed by atoms with Gasteiger partial charge in [-0.15, -0.1) is 0 Å². The Balaban J connectivity index is 3.41.